The van der Waals surface area contributed by atoms with Gasteiger partial charge in [-0.1, -0.05) is 66.7 Å². The average molecular weight is 646 g/mol. The summed E-state index contributed by atoms with van der Waals surface area (Å²) in [6.07, 6.45) is 2.59. The van der Waals surface area contributed by atoms with Crippen LogP contribution in [0.5, 0.6) is 6.01 Å². The highest BCUT2D eigenvalue weighted by Crippen LogP contribution is 2.34. The van der Waals surface area contributed by atoms with Gasteiger partial charge in [0.05, 0.1) is 24.7 Å². The van der Waals surface area contributed by atoms with Gasteiger partial charge in [-0.15, -0.1) is 0 Å². The number of ether oxygens (including phenoxy) is 2. The molecule has 3 aromatic carbocycles. The van der Waals surface area contributed by atoms with Crippen molar-refractivity contribution >= 4 is 22.6 Å². The van der Waals surface area contributed by atoms with Crippen LogP contribution in [0, 0.1) is 11.3 Å². The summed E-state index contributed by atoms with van der Waals surface area (Å²) in [4.78, 5) is 31.9. The Kier molecular flexibility index (Phi) is 9.80. The quantitative estimate of drug-likeness (QED) is 0.212. The zero-order valence-corrected chi connectivity index (χ0v) is 27.6. The number of hydrogen-bond acceptors (Lipinski definition) is 10. The minimum atomic E-state index is -0.282. The standard InChI is InChI=1S/C38H43N7O3/c1-42-17-7-12-33(42)27-48-38-40-35-24-43(21-29-13-14-30-10-5-6-11-31(30)20-29)23-34(35)37(41-38)45-19-18-44(32(22-45)15-16-39)25-36(46)47-26-28-8-3-2-4-9-28/h2-6,8-11,13-14,20,32-33H,7,12,15,17-19,21-27H2,1H3/t32-,33-/m0/s1. The minimum absolute atomic E-state index is 0.134. The monoisotopic (exact) mass is 645 g/mol. The van der Waals surface area contributed by atoms with Crippen molar-refractivity contribution < 1.29 is 14.3 Å². The number of carbonyl (C=O) groups is 1. The SMILES string of the molecule is CN1CCC[C@H]1COc1nc2c(c(N3CCN(CC(=O)OCc4ccccc4)[C@@H](CC#N)C3)n1)CN(Cc1ccc3ccccc3c1)C2. The summed E-state index contributed by atoms with van der Waals surface area (Å²) in [5, 5.41) is 12.2. The molecule has 0 radical (unpaired) electrons. The first-order chi connectivity index (χ1) is 23.5. The largest absolute Gasteiger partial charge is 0.462 e. The molecule has 3 aliphatic rings. The molecule has 0 aliphatic carbocycles. The Balaban J connectivity index is 1.08. The zero-order valence-electron chi connectivity index (χ0n) is 27.6. The molecule has 2 saturated heterocycles. The Morgan fingerprint density at radius 3 is 2.58 bits per heavy atom. The van der Waals surface area contributed by atoms with Crippen molar-refractivity contribution in [2.75, 3.05) is 51.3 Å². The first kappa shape index (κ1) is 32.0. The lowest BCUT2D eigenvalue weighted by Gasteiger charge is -2.41. The normalized spacial score (nSPS) is 20.1. The number of fused-ring (bicyclic) bond motifs is 2. The summed E-state index contributed by atoms with van der Waals surface area (Å²) >= 11 is 0. The molecule has 1 aromatic heterocycles. The van der Waals surface area contributed by atoms with Gasteiger partial charge in [0, 0.05) is 56.9 Å². The fourth-order valence-corrected chi connectivity index (χ4v) is 7.21. The number of piperazine rings is 1. The van der Waals surface area contributed by atoms with E-state index < -0.39 is 0 Å². The van der Waals surface area contributed by atoms with E-state index in [2.05, 4.69) is 75.2 Å². The lowest BCUT2D eigenvalue weighted by Crippen LogP contribution is -2.55. The highest BCUT2D eigenvalue weighted by molar-refractivity contribution is 5.83. The van der Waals surface area contributed by atoms with Gasteiger partial charge in [-0.25, -0.2) is 0 Å². The van der Waals surface area contributed by atoms with Crippen LogP contribution < -0.4 is 9.64 Å². The number of benzene rings is 3. The maximum absolute atomic E-state index is 12.8. The van der Waals surface area contributed by atoms with Crippen molar-refractivity contribution in [1.82, 2.24) is 24.7 Å². The summed E-state index contributed by atoms with van der Waals surface area (Å²) < 4.78 is 11.9. The molecule has 3 aliphatic heterocycles. The smallest absolute Gasteiger partial charge is 0.320 e. The van der Waals surface area contributed by atoms with Crippen molar-refractivity contribution in [3.05, 3.63) is 95.2 Å². The number of carbonyl (C=O) groups excluding carboxylic acids is 1. The second kappa shape index (κ2) is 14.7. The maximum Gasteiger partial charge on any atom is 0.320 e. The van der Waals surface area contributed by atoms with E-state index in [4.69, 9.17) is 19.4 Å². The minimum Gasteiger partial charge on any atom is -0.462 e. The molecule has 48 heavy (non-hydrogen) atoms. The van der Waals surface area contributed by atoms with E-state index in [-0.39, 0.29) is 25.2 Å². The third-order valence-corrected chi connectivity index (χ3v) is 9.91. The summed E-state index contributed by atoms with van der Waals surface area (Å²) in [7, 11) is 2.15. The second-order valence-electron chi connectivity index (χ2n) is 13.2. The number of anilines is 1. The number of likely N-dealkylation sites (tertiary alicyclic amines) is 1. The van der Waals surface area contributed by atoms with Gasteiger partial charge < -0.3 is 19.3 Å². The van der Waals surface area contributed by atoms with E-state index in [1.807, 2.05) is 30.3 Å². The average Bonchev–Trinajstić information content (AvgIpc) is 3.72. The molecule has 0 N–H and O–H groups in total. The summed E-state index contributed by atoms with van der Waals surface area (Å²) in [6.45, 7) is 6.16. The van der Waals surface area contributed by atoms with Gasteiger partial charge in [-0.05, 0) is 54.4 Å². The van der Waals surface area contributed by atoms with Crippen molar-refractivity contribution in [2.24, 2.45) is 0 Å². The number of rotatable bonds is 11. The van der Waals surface area contributed by atoms with Crippen LogP contribution in [0.25, 0.3) is 10.8 Å². The first-order valence-corrected chi connectivity index (χ1v) is 17.0. The highest BCUT2D eigenvalue weighted by atomic mass is 16.5. The van der Waals surface area contributed by atoms with Crippen LogP contribution in [0.15, 0.2) is 72.8 Å². The van der Waals surface area contributed by atoms with Gasteiger partial charge in [0.2, 0.25) is 0 Å². The molecule has 0 unspecified atom stereocenters. The molecule has 7 rings (SSSR count). The van der Waals surface area contributed by atoms with E-state index in [1.165, 1.54) is 22.8 Å². The van der Waals surface area contributed by atoms with Crippen LogP contribution in [0.2, 0.25) is 0 Å². The van der Waals surface area contributed by atoms with Crippen LogP contribution in [-0.4, -0.2) is 89.1 Å². The Morgan fingerprint density at radius 1 is 0.938 bits per heavy atom. The topological polar surface area (TPSA) is 98.1 Å². The van der Waals surface area contributed by atoms with Crippen molar-refractivity contribution in [3.8, 4) is 12.1 Å². The molecule has 4 aromatic rings. The third-order valence-electron chi connectivity index (χ3n) is 9.91. The summed E-state index contributed by atoms with van der Waals surface area (Å²) in [6, 6.07) is 27.8. The Hall–Kier alpha value is -4.56. The van der Waals surface area contributed by atoms with Crippen LogP contribution in [-0.2, 0) is 35.8 Å². The lowest BCUT2D eigenvalue weighted by molar-refractivity contribution is -0.147. The van der Waals surface area contributed by atoms with Gasteiger partial charge in [0.25, 0.3) is 0 Å². The number of likely N-dealkylation sites (N-methyl/N-ethyl adjacent to an activating group) is 1. The van der Waals surface area contributed by atoms with Gasteiger partial charge in [-0.2, -0.15) is 15.2 Å². The predicted octanol–water partition coefficient (Wildman–Crippen LogP) is 4.77. The molecule has 4 heterocycles. The molecular formula is C38H43N7O3. The van der Waals surface area contributed by atoms with Gasteiger partial charge in [0.15, 0.2) is 0 Å². The Morgan fingerprint density at radius 2 is 1.77 bits per heavy atom. The zero-order chi connectivity index (χ0) is 32.9. The molecular weight excluding hydrogens is 602 g/mol. The molecule has 10 heteroatoms. The van der Waals surface area contributed by atoms with Crippen LogP contribution in [0.1, 0.15) is 41.6 Å². The van der Waals surface area contributed by atoms with Gasteiger partial charge in [0.1, 0.15) is 19.0 Å². The van der Waals surface area contributed by atoms with Crippen LogP contribution in [0.3, 0.4) is 0 Å². The summed E-state index contributed by atoms with van der Waals surface area (Å²) in [5.74, 6) is 0.597. The molecule has 10 nitrogen and oxygen atoms in total. The number of nitrogens with zero attached hydrogens (tertiary/aromatic N) is 7. The molecule has 2 fully saturated rings. The molecule has 2 atom stereocenters. The van der Waals surface area contributed by atoms with Crippen LogP contribution in [0.4, 0.5) is 5.82 Å². The molecule has 0 amide bonds. The fraction of sp³-hybridized carbons (Fsp3) is 0.421. The van der Waals surface area contributed by atoms with Gasteiger partial charge >= 0.3 is 12.0 Å². The van der Waals surface area contributed by atoms with E-state index in [1.54, 1.807) is 0 Å². The predicted molar refractivity (Wildman–Crippen MR) is 184 cm³/mol. The molecule has 0 spiro atoms. The van der Waals surface area contributed by atoms with Gasteiger partial charge in [-0.3, -0.25) is 14.6 Å². The number of esters is 1. The highest BCUT2D eigenvalue weighted by Gasteiger charge is 2.34. The van der Waals surface area contributed by atoms with Crippen molar-refractivity contribution in [3.63, 3.8) is 0 Å². The van der Waals surface area contributed by atoms with Crippen molar-refractivity contribution in [1.29, 1.82) is 5.26 Å². The van der Waals surface area contributed by atoms with E-state index >= 15 is 0 Å². The van der Waals surface area contributed by atoms with Crippen molar-refractivity contribution in [2.45, 2.75) is 57.6 Å². The first-order valence-electron chi connectivity index (χ1n) is 17.0. The van der Waals surface area contributed by atoms with Crippen LogP contribution >= 0.6 is 0 Å². The number of nitriles is 1. The van der Waals surface area contributed by atoms with E-state index in [0.717, 1.165) is 48.7 Å². The second-order valence-corrected chi connectivity index (χ2v) is 13.2. The summed E-state index contributed by atoms with van der Waals surface area (Å²) in [5.41, 5.74) is 4.33. The lowest BCUT2D eigenvalue weighted by atomic mass is 10.1. The molecule has 248 valence electrons. The Bertz CT molecular complexity index is 1780. The fourth-order valence-electron chi connectivity index (χ4n) is 7.21. The molecule has 0 saturated carbocycles. The van der Waals surface area contributed by atoms with E-state index in [9.17, 15) is 10.1 Å². The maximum atomic E-state index is 12.8. The molecule has 0 bridgehead atoms. The van der Waals surface area contributed by atoms with E-state index in [0.29, 0.717) is 51.3 Å². The number of hydrogen-bond donors (Lipinski definition) is 0. The number of aromatic nitrogens is 2. The third kappa shape index (κ3) is 7.44. The Labute approximate surface area is 282 Å².